The van der Waals surface area contributed by atoms with Gasteiger partial charge in [0.15, 0.2) is 0 Å². The number of nitrogens with two attached hydrogens (primary N) is 1. The average Bonchev–Trinajstić information content (AvgIpc) is 2.53. The Labute approximate surface area is 151 Å². The number of halogens is 2. The monoisotopic (exact) mass is 401 g/mol. The van der Waals surface area contributed by atoms with Crippen molar-refractivity contribution in [2.45, 2.75) is 24.9 Å². The Bertz CT molecular complexity index is 517. The number of carboxylic acid groups (broad SMARTS) is 2. The molecule has 0 aliphatic rings. The Kier molecular flexibility index (Phi) is 11.2. The maximum atomic E-state index is 11.9. The van der Waals surface area contributed by atoms with E-state index in [1.54, 1.807) is 0 Å². The molecule has 0 aromatic carbocycles. The summed E-state index contributed by atoms with van der Waals surface area (Å²) in [7, 11) is 0. The summed E-state index contributed by atoms with van der Waals surface area (Å²) >= 11 is 12.0. The van der Waals surface area contributed by atoms with E-state index in [0.717, 1.165) is 17.3 Å². The van der Waals surface area contributed by atoms with Crippen LogP contribution in [-0.4, -0.2) is 58.3 Å². The number of carboxylic acids is 2. The zero-order valence-electron chi connectivity index (χ0n) is 12.3. The maximum absolute atomic E-state index is 11.9. The minimum Gasteiger partial charge on any atom is -0.480 e. The molecule has 0 saturated heterocycles. The summed E-state index contributed by atoms with van der Waals surface area (Å²) in [5.41, 5.74) is 6.36. The molecule has 12 heteroatoms. The zero-order valence-corrected chi connectivity index (χ0v) is 14.7. The number of carbonyl (C=O) groups excluding carboxylic acids is 2. The summed E-state index contributed by atoms with van der Waals surface area (Å²) < 4.78 is 0.176. The third-order valence-corrected chi connectivity index (χ3v) is 4.33. The first kappa shape index (κ1) is 22.5. The SMILES string of the molecule is NC(CCC(=O)NC(CSC(Cl)=CCl)C(=O)NCC(=O)O)C(=O)O. The van der Waals surface area contributed by atoms with Crippen molar-refractivity contribution in [2.24, 2.45) is 5.73 Å². The first-order valence-electron chi connectivity index (χ1n) is 6.53. The van der Waals surface area contributed by atoms with Crippen LogP contribution in [0.2, 0.25) is 0 Å². The van der Waals surface area contributed by atoms with E-state index in [9.17, 15) is 19.2 Å². The van der Waals surface area contributed by atoms with Gasteiger partial charge < -0.3 is 26.6 Å². The van der Waals surface area contributed by atoms with Crippen LogP contribution >= 0.6 is 35.0 Å². The molecule has 0 aliphatic heterocycles. The Morgan fingerprint density at radius 3 is 2.38 bits per heavy atom. The van der Waals surface area contributed by atoms with Gasteiger partial charge in [0.05, 0.1) is 4.36 Å². The smallest absolute Gasteiger partial charge is 0.322 e. The molecule has 0 rings (SSSR count). The zero-order chi connectivity index (χ0) is 18.7. The number of amides is 2. The predicted molar refractivity (Wildman–Crippen MR) is 89.7 cm³/mol. The van der Waals surface area contributed by atoms with Gasteiger partial charge in [0, 0.05) is 17.7 Å². The lowest BCUT2D eigenvalue weighted by atomic mass is 10.1. The van der Waals surface area contributed by atoms with Gasteiger partial charge in [-0.25, -0.2) is 0 Å². The lowest BCUT2D eigenvalue weighted by molar-refractivity contribution is -0.139. The van der Waals surface area contributed by atoms with Crippen LogP contribution in [0, 0.1) is 0 Å². The molecule has 2 unspecified atom stereocenters. The molecule has 136 valence electrons. The topological polar surface area (TPSA) is 159 Å². The normalized spacial score (nSPS) is 13.7. The molecule has 0 spiro atoms. The van der Waals surface area contributed by atoms with E-state index in [-0.39, 0.29) is 23.0 Å². The van der Waals surface area contributed by atoms with Crippen molar-refractivity contribution in [1.29, 1.82) is 0 Å². The van der Waals surface area contributed by atoms with E-state index in [0.29, 0.717) is 0 Å². The second kappa shape index (κ2) is 12.0. The number of nitrogens with one attached hydrogen (secondary N) is 2. The summed E-state index contributed by atoms with van der Waals surface area (Å²) in [5, 5.41) is 21.7. The van der Waals surface area contributed by atoms with Crippen molar-refractivity contribution in [1.82, 2.24) is 10.6 Å². The Balaban J connectivity index is 4.66. The molecule has 9 nitrogen and oxygen atoms in total. The molecule has 0 fully saturated rings. The number of hydrogen-bond donors (Lipinski definition) is 5. The van der Waals surface area contributed by atoms with Crippen LogP contribution in [0.25, 0.3) is 0 Å². The third-order valence-electron chi connectivity index (χ3n) is 2.54. The lowest BCUT2D eigenvalue weighted by Crippen LogP contribution is -2.49. The Hall–Kier alpha value is -1.49. The number of rotatable bonds is 11. The quantitative estimate of drug-likeness (QED) is 0.320. The Morgan fingerprint density at radius 2 is 1.88 bits per heavy atom. The van der Waals surface area contributed by atoms with Crippen molar-refractivity contribution in [2.75, 3.05) is 12.3 Å². The number of thioether (sulfide) groups is 1. The van der Waals surface area contributed by atoms with Gasteiger partial charge in [-0.15, -0.1) is 11.8 Å². The van der Waals surface area contributed by atoms with Crippen LogP contribution in [-0.2, 0) is 19.2 Å². The Morgan fingerprint density at radius 1 is 1.25 bits per heavy atom. The van der Waals surface area contributed by atoms with E-state index in [2.05, 4.69) is 10.6 Å². The van der Waals surface area contributed by atoms with Crippen LogP contribution in [0.3, 0.4) is 0 Å². The van der Waals surface area contributed by atoms with Crippen molar-refractivity contribution >= 4 is 58.7 Å². The van der Waals surface area contributed by atoms with Crippen LogP contribution < -0.4 is 16.4 Å². The highest BCUT2D eigenvalue weighted by molar-refractivity contribution is 8.04. The van der Waals surface area contributed by atoms with Crippen molar-refractivity contribution in [3.05, 3.63) is 9.90 Å². The largest absolute Gasteiger partial charge is 0.480 e. The maximum Gasteiger partial charge on any atom is 0.322 e. The molecule has 6 N–H and O–H groups in total. The van der Waals surface area contributed by atoms with Gasteiger partial charge in [0.25, 0.3) is 0 Å². The van der Waals surface area contributed by atoms with E-state index in [1.165, 1.54) is 0 Å². The average molecular weight is 402 g/mol. The van der Waals surface area contributed by atoms with Crippen molar-refractivity contribution in [3.8, 4) is 0 Å². The molecule has 0 saturated carbocycles. The van der Waals surface area contributed by atoms with Crippen LogP contribution in [0.1, 0.15) is 12.8 Å². The first-order chi connectivity index (χ1) is 11.2. The molecular formula is C12H17Cl2N3O6S. The summed E-state index contributed by atoms with van der Waals surface area (Å²) in [5.74, 6) is -3.81. The van der Waals surface area contributed by atoms with Gasteiger partial charge in [0.1, 0.15) is 18.6 Å². The highest BCUT2D eigenvalue weighted by Crippen LogP contribution is 2.21. The second-order valence-electron chi connectivity index (χ2n) is 4.44. The van der Waals surface area contributed by atoms with Gasteiger partial charge in [-0.05, 0) is 6.42 Å². The molecule has 0 heterocycles. The van der Waals surface area contributed by atoms with Crippen LogP contribution in [0.15, 0.2) is 9.90 Å². The summed E-state index contributed by atoms with van der Waals surface area (Å²) in [4.78, 5) is 44.8. The third kappa shape index (κ3) is 10.3. The van der Waals surface area contributed by atoms with Gasteiger partial charge in [-0.1, -0.05) is 23.2 Å². The number of aliphatic carboxylic acids is 2. The first-order valence-corrected chi connectivity index (χ1v) is 8.33. The summed E-state index contributed by atoms with van der Waals surface area (Å²) in [6.07, 6.45) is -0.319. The molecule has 24 heavy (non-hydrogen) atoms. The van der Waals surface area contributed by atoms with Gasteiger partial charge in [-0.3, -0.25) is 19.2 Å². The fourth-order valence-electron chi connectivity index (χ4n) is 1.34. The number of carbonyl (C=O) groups is 4. The minimum atomic E-state index is -1.24. The molecule has 2 atom stereocenters. The highest BCUT2D eigenvalue weighted by atomic mass is 35.5. The summed E-state index contributed by atoms with van der Waals surface area (Å²) in [6.45, 7) is -0.612. The lowest BCUT2D eigenvalue weighted by Gasteiger charge is -2.18. The predicted octanol–water partition coefficient (Wildman–Crippen LogP) is -0.126. The van der Waals surface area contributed by atoms with E-state index in [1.807, 2.05) is 0 Å². The van der Waals surface area contributed by atoms with Gasteiger partial charge in [0.2, 0.25) is 11.8 Å². The number of hydrogen-bond acceptors (Lipinski definition) is 6. The van der Waals surface area contributed by atoms with Crippen molar-refractivity contribution in [3.63, 3.8) is 0 Å². The van der Waals surface area contributed by atoms with Crippen LogP contribution in [0.5, 0.6) is 0 Å². The highest BCUT2D eigenvalue weighted by Gasteiger charge is 2.22. The van der Waals surface area contributed by atoms with Gasteiger partial charge in [-0.2, -0.15) is 0 Å². The molecule has 0 bridgehead atoms. The molecule has 0 aliphatic carbocycles. The molecule has 0 aromatic rings. The van der Waals surface area contributed by atoms with E-state index < -0.39 is 42.4 Å². The van der Waals surface area contributed by atoms with E-state index >= 15 is 0 Å². The molecule has 0 radical (unpaired) electrons. The molecular weight excluding hydrogens is 385 g/mol. The van der Waals surface area contributed by atoms with Crippen LogP contribution in [0.4, 0.5) is 0 Å². The molecule has 2 amide bonds. The fraction of sp³-hybridized carbons (Fsp3) is 0.500. The minimum absolute atomic E-state index is 0.00420. The second-order valence-corrected chi connectivity index (χ2v) is 6.35. The summed E-state index contributed by atoms with van der Waals surface area (Å²) in [6, 6.07) is -2.27. The van der Waals surface area contributed by atoms with Crippen molar-refractivity contribution < 1.29 is 29.4 Å². The standard InChI is InChI=1S/C12H17Cl2N3O6S/c13-3-8(14)24-5-7(11(21)16-4-10(19)20)17-9(18)2-1-6(15)12(22)23/h3,6-7H,1-2,4-5,15H2,(H,16,21)(H,17,18)(H,19,20)(H,22,23). The van der Waals surface area contributed by atoms with E-state index in [4.69, 9.17) is 39.1 Å². The van der Waals surface area contributed by atoms with Gasteiger partial charge >= 0.3 is 11.9 Å². The fourth-order valence-corrected chi connectivity index (χ4v) is 2.34. The molecule has 0 aromatic heterocycles.